The molecule has 30 heavy (non-hydrogen) atoms. The van der Waals surface area contributed by atoms with Gasteiger partial charge in [-0.05, 0) is 42.2 Å². The highest BCUT2D eigenvalue weighted by Gasteiger charge is 2.09. The minimum absolute atomic E-state index is 0.125. The van der Waals surface area contributed by atoms with Gasteiger partial charge in [-0.25, -0.2) is 0 Å². The van der Waals surface area contributed by atoms with Crippen LogP contribution in [0.25, 0.3) is 0 Å². The van der Waals surface area contributed by atoms with E-state index in [1.165, 1.54) is 11.3 Å². The first-order chi connectivity index (χ1) is 14.6. The summed E-state index contributed by atoms with van der Waals surface area (Å²) >= 11 is 1.37. The van der Waals surface area contributed by atoms with Crippen molar-refractivity contribution in [2.75, 3.05) is 39.9 Å². The Bertz CT molecular complexity index is 792. The molecule has 2 N–H and O–H groups in total. The average Bonchev–Trinajstić information content (AvgIpc) is 3.31. The Labute approximate surface area is 182 Å². The van der Waals surface area contributed by atoms with Gasteiger partial charge in [0.2, 0.25) is 5.91 Å². The molecular formula is C22H31N3O4S. The van der Waals surface area contributed by atoms with Crippen LogP contribution in [0.3, 0.4) is 0 Å². The molecule has 0 bridgehead atoms. The van der Waals surface area contributed by atoms with Gasteiger partial charge in [-0.2, -0.15) is 0 Å². The number of carbonyl (C=O) groups is 2. The highest BCUT2D eigenvalue weighted by Crippen LogP contribution is 2.28. The molecule has 0 aliphatic heterocycles. The maximum absolute atomic E-state index is 12.0. The van der Waals surface area contributed by atoms with E-state index in [1.807, 2.05) is 29.6 Å². The van der Waals surface area contributed by atoms with Gasteiger partial charge >= 0.3 is 0 Å². The minimum Gasteiger partial charge on any atom is -0.493 e. The average molecular weight is 434 g/mol. The van der Waals surface area contributed by atoms with Crippen molar-refractivity contribution in [3.05, 3.63) is 46.2 Å². The molecule has 8 heteroatoms. The summed E-state index contributed by atoms with van der Waals surface area (Å²) in [5.41, 5.74) is 0.916. The molecule has 7 nitrogen and oxygen atoms in total. The van der Waals surface area contributed by atoms with Crippen LogP contribution in [0.15, 0.2) is 35.7 Å². The molecule has 0 aliphatic carbocycles. The third-order valence-electron chi connectivity index (χ3n) is 4.66. The Hall–Kier alpha value is -2.58. The Balaban J connectivity index is 1.75. The van der Waals surface area contributed by atoms with Crippen LogP contribution >= 0.6 is 11.3 Å². The molecule has 0 spiro atoms. The second-order valence-corrected chi connectivity index (χ2v) is 7.57. The van der Waals surface area contributed by atoms with Crippen LogP contribution < -0.4 is 20.1 Å². The van der Waals surface area contributed by atoms with E-state index in [4.69, 9.17) is 9.47 Å². The number of carbonyl (C=O) groups excluding carboxylic acids is 2. The zero-order valence-corrected chi connectivity index (χ0v) is 18.7. The van der Waals surface area contributed by atoms with Gasteiger partial charge < -0.3 is 25.0 Å². The largest absolute Gasteiger partial charge is 0.493 e. The number of thiophene rings is 1. The van der Waals surface area contributed by atoms with E-state index in [1.54, 1.807) is 13.2 Å². The molecule has 1 aromatic heterocycles. The number of nitrogens with one attached hydrogen (secondary N) is 2. The fraction of sp³-hybridized carbons (Fsp3) is 0.455. The van der Waals surface area contributed by atoms with Crippen molar-refractivity contribution in [2.24, 2.45) is 0 Å². The summed E-state index contributed by atoms with van der Waals surface area (Å²) in [5.74, 6) is 1.06. The summed E-state index contributed by atoms with van der Waals surface area (Å²) in [6.45, 7) is 8.37. The van der Waals surface area contributed by atoms with Crippen LogP contribution in [0.4, 0.5) is 0 Å². The summed E-state index contributed by atoms with van der Waals surface area (Å²) in [4.78, 5) is 26.8. The summed E-state index contributed by atoms with van der Waals surface area (Å²) in [6.07, 6.45) is 0.223. The number of hydrogen-bond donors (Lipinski definition) is 2. The lowest BCUT2D eigenvalue weighted by molar-refractivity contribution is -0.121. The normalized spacial score (nSPS) is 10.7. The number of methoxy groups -OCH3 is 1. The lowest BCUT2D eigenvalue weighted by atomic mass is 10.2. The first-order valence-corrected chi connectivity index (χ1v) is 11.1. The smallest absolute Gasteiger partial charge is 0.261 e. The number of ether oxygens (including phenoxy) is 2. The molecule has 0 fully saturated rings. The summed E-state index contributed by atoms with van der Waals surface area (Å²) in [5, 5.41) is 7.45. The fourth-order valence-corrected chi connectivity index (χ4v) is 3.48. The third kappa shape index (κ3) is 7.68. The van der Waals surface area contributed by atoms with Gasteiger partial charge in [0.15, 0.2) is 11.5 Å². The molecule has 0 atom stereocenters. The van der Waals surface area contributed by atoms with Gasteiger partial charge in [-0.15, -0.1) is 11.3 Å². The molecule has 1 aromatic carbocycles. The summed E-state index contributed by atoms with van der Waals surface area (Å²) in [7, 11) is 1.60. The Kier molecular flexibility index (Phi) is 10.2. The van der Waals surface area contributed by atoms with Crippen molar-refractivity contribution in [2.45, 2.75) is 26.8 Å². The molecule has 2 aromatic rings. The second-order valence-electron chi connectivity index (χ2n) is 6.62. The van der Waals surface area contributed by atoms with Gasteiger partial charge in [0.1, 0.15) is 6.61 Å². The van der Waals surface area contributed by atoms with Crippen molar-refractivity contribution >= 4 is 23.2 Å². The van der Waals surface area contributed by atoms with Crippen molar-refractivity contribution in [3.8, 4) is 11.5 Å². The zero-order valence-electron chi connectivity index (χ0n) is 17.9. The number of amides is 2. The van der Waals surface area contributed by atoms with E-state index < -0.39 is 0 Å². The highest BCUT2D eigenvalue weighted by molar-refractivity contribution is 7.12. The third-order valence-corrected chi connectivity index (χ3v) is 5.53. The van der Waals surface area contributed by atoms with Crippen LogP contribution in [0.1, 0.15) is 35.5 Å². The number of rotatable bonds is 13. The Morgan fingerprint density at radius 3 is 2.57 bits per heavy atom. The molecule has 2 rings (SSSR count). The van der Waals surface area contributed by atoms with E-state index in [0.29, 0.717) is 36.1 Å². The standard InChI is InChI=1S/C22H31N3O4S/c1-4-25(5-2)12-13-29-18-9-8-17(15-19(18)28-3)16-24-21(26)10-11-23-22(27)20-7-6-14-30-20/h6-9,14-15H,4-5,10-13,16H2,1-3H3,(H,23,27)(H,24,26). The van der Waals surface area contributed by atoms with E-state index in [9.17, 15) is 9.59 Å². The predicted molar refractivity (Wildman–Crippen MR) is 119 cm³/mol. The van der Waals surface area contributed by atoms with E-state index in [-0.39, 0.29) is 18.2 Å². The molecule has 0 radical (unpaired) electrons. The fourth-order valence-electron chi connectivity index (χ4n) is 2.84. The molecule has 1 heterocycles. The topological polar surface area (TPSA) is 79.9 Å². The maximum Gasteiger partial charge on any atom is 0.261 e. The van der Waals surface area contributed by atoms with E-state index in [0.717, 1.165) is 25.2 Å². The number of benzene rings is 1. The predicted octanol–water partition coefficient (Wildman–Crippen LogP) is 2.91. The Morgan fingerprint density at radius 1 is 1.10 bits per heavy atom. The highest BCUT2D eigenvalue weighted by atomic mass is 32.1. The van der Waals surface area contributed by atoms with E-state index in [2.05, 4.69) is 29.4 Å². The molecule has 0 unspecified atom stereocenters. The van der Waals surface area contributed by atoms with Crippen molar-refractivity contribution in [1.29, 1.82) is 0 Å². The molecule has 0 aliphatic rings. The first-order valence-electron chi connectivity index (χ1n) is 10.2. The van der Waals surface area contributed by atoms with Gasteiger partial charge in [0, 0.05) is 26.1 Å². The molecular weight excluding hydrogens is 402 g/mol. The van der Waals surface area contributed by atoms with E-state index >= 15 is 0 Å². The lowest BCUT2D eigenvalue weighted by Gasteiger charge is -2.19. The number of hydrogen-bond acceptors (Lipinski definition) is 6. The molecule has 2 amide bonds. The number of nitrogens with zero attached hydrogens (tertiary/aromatic N) is 1. The van der Waals surface area contributed by atoms with Crippen molar-refractivity contribution < 1.29 is 19.1 Å². The van der Waals surface area contributed by atoms with Gasteiger partial charge in [0.25, 0.3) is 5.91 Å². The maximum atomic E-state index is 12.0. The van der Waals surface area contributed by atoms with Gasteiger partial charge in [-0.3, -0.25) is 9.59 Å². The monoisotopic (exact) mass is 433 g/mol. The van der Waals surface area contributed by atoms with Crippen LogP contribution in [0.5, 0.6) is 11.5 Å². The second kappa shape index (κ2) is 12.9. The van der Waals surface area contributed by atoms with Gasteiger partial charge in [-0.1, -0.05) is 26.0 Å². The van der Waals surface area contributed by atoms with Crippen LogP contribution in [-0.2, 0) is 11.3 Å². The van der Waals surface area contributed by atoms with Crippen molar-refractivity contribution in [1.82, 2.24) is 15.5 Å². The van der Waals surface area contributed by atoms with Crippen LogP contribution in [0, 0.1) is 0 Å². The first kappa shape index (κ1) is 23.7. The lowest BCUT2D eigenvalue weighted by Crippen LogP contribution is -2.30. The summed E-state index contributed by atoms with van der Waals surface area (Å²) in [6, 6.07) is 9.22. The van der Waals surface area contributed by atoms with Crippen LogP contribution in [0.2, 0.25) is 0 Å². The summed E-state index contributed by atoms with van der Waals surface area (Å²) < 4.78 is 11.3. The number of likely N-dealkylation sites (N-methyl/N-ethyl adjacent to an activating group) is 1. The van der Waals surface area contributed by atoms with Crippen LogP contribution in [-0.4, -0.2) is 56.6 Å². The zero-order chi connectivity index (χ0) is 21.8. The molecule has 0 saturated carbocycles. The minimum atomic E-state index is -0.154. The molecule has 0 saturated heterocycles. The Morgan fingerprint density at radius 2 is 1.90 bits per heavy atom. The SMILES string of the molecule is CCN(CC)CCOc1ccc(CNC(=O)CCNC(=O)c2cccs2)cc1OC. The van der Waals surface area contributed by atoms with Crippen molar-refractivity contribution in [3.63, 3.8) is 0 Å². The molecule has 164 valence electrons. The quantitative estimate of drug-likeness (QED) is 0.508. The van der Waals surface area contributed by atoms with Gasteiger partial charge in [0.05, 0.1) is 12.0 Å².